The summed E-state index contributed by atoms with van der Waals surface area (Å²) in [7, 11) is 0. The number of nitrogens with one attached hydrogen (secondary N) is 2. The first-order valence-corrected chi connectivity index (χ1v) is 6.54. The molecule has 1 heterocycles. The van der Waals surface area contributed by atoms with E-state index in [2.05, 4.69) is 22.5 Å². The lowest BCUT2D eigenvalue weighted by Crippen LogP contribution is -2.45. The van der Waals surface area contributed by atoms with E-state index >= 15 is 0 Å². The second kappa shape index (κ2) is 7.50. The maximum absolute atomic E-state index is 11.3. The van der Waals surface area contributed by atoms with Gasteiger partial charge in [0.05, 0.1) is 0 Å². The van der Waals surface area contributed by atoms with Crippen LogP contribution in [0.5, 0.6) is 0 Å². The number of hydrogen-bond donors (Lipinski definition) is 2. The van der Waals surface area contributed by atoms with Crippen molar-refractivity contribution in [2.45, 2.75) is 32.2 Å². The fraction of sp³-hybridized carbons (Fsp3) is 0.818. The van der Waals surface area contributed by atoms with Crippen LogP contribution in [0.15, 0.2) is 0 Å². The van der Waals surface area contributed by atoms with Crippen LogP contribution in [-0.4, -0.2) is 48.4 Å². The molecule has 2 N–H and O–H groups in total. The van der Waals surface area contributed by atoms with Crippen LogP contribution in [-0.2, 0) is 4.79 Å². The van der Waals surface area contributed by atoms with Crippen LogP contribution in [0.2, 0.25) is 0 Å². The Kier molecular flexibility index (Phi) is 6.29. The molecule has 17 heavy (non-hydrogen) atoms. The van der Waals surface area contributed by atoms with Gasteiger partial charge < -0.3 is 5.32 Å². The number of likely N-dealkylation sites (tertiary alicyclic amines) is 1. The third-order valence-electron chi connectivity index (χ3n) is 2.90. The summed E-state index contributed by atoms with van der Waals surface area (Å²) in [5.41, 5.74) is 0. The number of carbonyl (C=O) groups excluding carboxylic acids is 2. The van der Waals surface area contributed by atoms with E-state index in [1.165, 1.54) is 12.8 Å². The largest absolute Gasteiger partial charge is 0.336 e. The van der Waals surface area contributed by atoms with Gasteiger partial charge in [0.15, 0.2) is 0 Å². The summed E-state index contributed by atoms with van der Waals surface area (Å²) in [5.74, 6) is -0.116. The highest BCUT2D eigenvalue weighted by Crippen LogP contribution is 2.10. The molecule has 98 valence electrons. The summed E-state index contributed by atoms with van der Waals surface area (Å²) in [5, 5.41) is 4.93. The predicted molar refractivity (Wildman–Crippen MR) is 67.1 cm³/mol. The highest BCUT2D eigenvalue weighted by molar-refractivity contribution is 6.19. The first kappa shape index (κ1) is 14.3. The molecule has 1 unspecified atom stereocenters. The van der Waals surface area contributed by atoms with Crippen molar-refractivity contribution in [2.75, 3.05) is 25.5 Å². The molecular weight excluding hydrogens is 242 g/mol. The van der Waals surface area contributed by atoms with Crippen molar-refractivity contribution in [1.82, 2.24) is 15.5 Å². The zero-order valence-corrected chi connectivity index (χ0v) is 10.9. The molecule has 0 saturated carbocycles. The normalized spacial score (nSPS) is 17.8. The number of alkyl halides is 1. The van der Waals surface area contributed by atoms with E-state index in [1.54, 1.807) is 0 Å². The van der Waals surface area contributed by atoms with Crippen molar-refractivity contribution in [3.05, 3.63) is 0 Å². The SMILES string of the molecule is CC(CNC(=O)NC(=O)CCCl)N1CCCC1. The molecule has 1 aliphatic heterocycles. The number of carbonyl (C=O) groups is 2. The predicted octanol–water partition coefficient (Wildman–Crippen LogP) is 0.925. The van der Waals surface area contributed by atoms with Crippen molar-refractivity contribution >= 4 is 23.5 Å². The van der Waals surface area contributed by atoms with Crippen LogP contribution in [0.3, 0.4) is 0 Å². The number of nitrogens with zero attached hydrogens (tertiary/aromatic N) is 1. The summed E-state index contributed by atoms with van der Waals surface area (Å²) in [6.07, 6.45) is 2.62. The standard InChI is InChI=1S/C11H20ClN3O2/c1-9(15-6-2-3-7-15)8-13-11(17)14-10(16)4-5-12/h9H,2-8H2,1H3,(H2,13,14,16,17). The molecule has 1 atom stereocenters. The summed E-state index contributed by atoms with van der Waals surface area (Å²) < 4.78 is 0. The van der Waals surface area contributed by atoms with Crippen molar-refractivity contribution < 1.29 is 9.59 Å². The number of rotatable bonds is 5. The minimum atomic E-state index is -0.439. The van der Waals surface area contributed by atoms with Crippen molar-refractivity contribution in [1.29, 1.82) is 0 Å². The maximum atomic E-state index is 11.3. The van der Waals surface area contributed by atoms with Gasteiger partial charge in [-0.15, -0.1) is 11.6 Å². The Balaban J connectivity index is 2.16. The average molecular weight is 262 g/mol. The molecule has 0 spiro atoms. The van der Waals surface area contributed by atoms with Crippen LogP contribution in [0.1, 0.15) is 26.2 Å². The third kappa shape index (κ3) is 5.37. The number of halogens is 1. The highest BCUT2D eigenvalue weighted by Gasteiger charge is 2.18. The summed E-state index contributed by atoms with van der Waals surface area (Å²) >= 11 is 5.39. The van der Waals surface area contributed by atoms with Gasteiger partial charge in [-0.1, -0.05) is 0 Å². The second-order valence-electron chi connectivity index (χ2n) is 4.29. The molecule has 1 fully saturated rings. The van der Waals surface area contributed by atoms with Crippen LogP contribution in [0.4, 0.5) is 4.79 Å². The lowest BCUT2D eigenvalue weighted by atomic mass is 10.3. The zero-order valence-electron chi connectivity index (χ0n) is 10.2. The molecular formula is C11H20ClN3O2. The van der Waals surface area contributed by atoms with Gasteiger partial charge in [0.1, 0.15) is 0 Å². The summed E-state index contributed by atoms with van der Waals surface area (Å²) in [4.78, 5) is 24.8. The lowest BCUT2D eigenvalue weighted by Gasteiger charge is -2.23. The molecule has 0 radical (unpaired) electrons. The zero-order chi connectivity index (χ0) is 12.7. The molecule has 0 aliphatic carbocycles. The molecule has 6 heteroatoms. The lowest BCUT2D eigenvalue weighted by molar-refractivity contribution is -0.119. The average Bonchev–Trinajstić information content (AvgIpc) is 2.79. The number of hydrogen-bond acceptors (Lipinski definition) is 3. The number of imide groups is 1. The van der Waals surface area contributed by atoms with Gasteiger partial charge in [0.25, 0.3) is 0 Å². The van der Waals surface area contributed by atoms with Crippen molar-refractivity contribution in [3.8, 4) is 0 Å². The van der Waals surface area contributed by atoms with Gasteiger partial charge in [0.2, 0.25) is 5.91 Å². The molecule has 0 aromatic rings. The van der Waals surface area contributed by atoms with Gasteiger partial charge in [-0.05, 0) is 32.9 Å². The number of urea groups is 1. The van der Waals surface area contributed by atoms with Gasteiger partial charge in [-0.2, -0.15) is 0 Å². The van der Waals surface area contributed by atoms with E-state index < -0.39 is 6.03 Å². The van der Waals surface area contributed by atoms with E-state index in [0.29, 0.717) is 12.6 Å². The van der Waals surface area contributed by atoms with Gasteiger partial charge in [-0.25, -0.2) is 4.79 Å². The Morgan fingerprint density at radius 2 is 2.00 bits per heavy atom. The molecule has 1 saturated heterocycles. The molecule has 0 bridgehead atoms. The van der Waals surface area contributed by atoms with Gasteiger partial charge >= 0.3 is 6.03 Å². The summed E-state index contributed by atoms with van der Waals surface area (Å²) in [6, 6.07) is -0.127. The first-order valence-electron chi connectivity index (χ1n) is 6.01. The molecule has 3 amide bonds. The Hall–Kier alpha value is -0.810. The van der Waals surface area contributed by atoms with Crippen LogP contribution >= 0.6 is 11.6 Å². The Morgan fingerprint density at radius 1 is 1.35 bits per heavy atom. The Bertz CT molecular complexity index is 267. The monoisotopic (exact) mass is 261 g/mol. The van der Waals surface area contributed by atoms with Crippen molar-refractivity contribution in [3.63, 3.8) is 0 Å². The topological polar surface area (TPSA) is 61.4 Å². The smallest absolute Gasteiger partial charge is 0.321 e. The Labute approximate surface area is 107 Å². The van der Waals surface area contributed by atoms with Crippen LogP contribution in [0.25, 0.3) is 0 Å². The third-order valence-corrected chi connectivity index (χ3v) is 3.09. The van der Waals surface area contributed by atoms with E-state index in [0.717, 1.165) is 13.1 Å². The maximum Gasteiger partial charge on any atom is 0.321 e. The van der Waals surface area contributed by atoms with E-state index in [1.807, 2.05) is 0 Å². The quantitative estimate of drug-likeness (QED) is 0.724. The number of amides is 3. The Morgan fingerprint density at radius 3 is 2.59 bits per heavy atom. The fourth-order valence-electron chi connectivity index (χ4n) is 1.87. The minimum Gasteiger partial charge on any atom is -0.336 e. The second-order valence-corrected chi connectivity index (χ2v) is 4.67. The minimum absolute atomic E-state index is 0.163. The summed E-state index contributed by atoms with van der Waals surface area (Å²) in [6.45, 7) is 4.82. The van der Waals surface area contributed by atoms with Crippen molar-refractivity contribution in [2.24, 2.45) is 0 Å². The van der Waals surface area contributed by atoms with E-state index in [-0.39, 0.29) is 18.2 Å². The highest BCUT2D eigenvalue weighted by atomic mass is 35.5. The molecule has 1 rings (SSSR count). The first-order chi connectivity index (χ1) is 8.13. The van der Waals surface area contributed by atoms with Crippen LogP contribution < -0.4 is 10.6 Å². The fourth-order valence-corrected chi connectivity index (χ4v) is 2.04. The molecule has 0 aromatic heterocycles. The van der Waals surface area contributed by atoms with Gasteiger partial charge in [-0.3, -0.25) is 15.0 Å². The molecule has 5 nitrogen and oxygen atoms in total. The van der Waals surface area contributed by atoms with E-state index in [4.69, 9.17) is 11.6 Å². The van der Waals surface area contributed by atoms with E-state index in [9.17, 15) is 9.59 Å². The molecule has 1 aliphatic rings. The van der Waals surface area contributed by atoms with Crippen LogP contribution in [0, 0.1) is 0 Å². The molecule has 0 aromatic carbocycles. The van der Waals surface area contributed by atoms with Gasteiger partial charge in [0, 0.05) is 24.9 Å².